The highest BCUT2D eigenvalue weighted by molar-refractivity contribution is 5.95. The number of aromatic nitrogens is 3. The molecule has 12 atom stereocenters. The van der Waals surface area contributed by atoms with E-state index in [4.69, 9.17) is 28.9 Å². The first-order chi connectivity index (χ1) is 28.5. The van der Waals surface area contributed by atoms with Gasteiger partial charge in [0.15, 0.2) is 18.0 Å². The number of carbonyl (C=O) groups excluding carboxylic acids is 4. The Morgan fingerprint density at radius 2 is 1.82 bits per heavy atom. The molecule has 0 saturated carbocycles. The molecule has 21 nitrogen and oxygen atoms in total. The lowest BCUT2D eigenvalue weighted by Gasteiger charge is -2.49. The fraction of sp³-hybridized carbons (Fsp3) is 0.718. The van der Waals surface area contributed by atoms with Gasteiger partial charge in [0.1, 0.15) is 61.8 Å². The van der Waals surface area contributed by atoms with Crippen LogP contribution in [0.1, 0.15) is 54.4 Å². The largest absolute Gasteiger partial charge is 0.462 e. The van der Waals surface area contributed by atoms with Crippen LogP contribution in [0.4, 0.5) is 10.6 Å². The summed E-state index contributed by atoms with van der Waals surface area (Å²) in [7, 11) is 1.86. The van der Waals surface area contributed by atoms with Crippen LogP contribution in [0.15, 0.2) is 18.6 Å². The SMILES string of the molecule is CC(=O)NC1C(C(C)C)OC(CO)C(O)C1OC1OC(C(=O)OCCNC(=O)n2ccc3c(N(C)[C@H]4CN(C(=O)CC#N)CC[C@H]4C)ncnc32)C(OC(C)C)C(O)C1O. The molecular weight excluding hydrogens is 788 g/mol. The molecule has 2 aromatic rings. The Bertz CT molecular complexity index is 1860. The van der Waals surface area contributed by atoms with Gasteiger partial charge in [-0.2, -0.15) is 5.26 Å². The monoisotopic (exact) mass is 846 g/mol. The summed E-state index contributed by atoms with van der Waals surface area (Å²) in [6, 6.07) is 1.94. The maximum absolute atomic E-state index is 13.6. The third-order valence-corrected chi connectivity index (χ3v) is 11.1. The predicted octanol–water partition coefficient (Wildman–Crippen LogP) is -0.974. The standard InChI is InChI=1S/C39H58N8O13/c1-19(2)31-27(44-22(6)49)32(28(51)25(17-48)58-31)59-38-30(53)29(52)33(57-20(3)4)34(60-38)37(54)56-15-12-41-39(55)47-14-10-23-35(42-18-43-36(23)47)45(7)24-16-46(13-9-21(24)5)26(50)8-11-40/h10,14,18-21,24-25,27-34,38,48,51-53H,8-9,12-13,15-17H2,1-7H3,(H,41,55)(H,44,49)/t21-,24+,25?,27?,28?,29?,30?,31?,32?,33?,34?,38?/m1/s1. The van der Waals surface area contributed by atoms with Crippen LogP contribution in [0.5, 0.6) is 0 Å². The van der Waals surface area contributed by atoms with Gasteiger partial charge in [-0.05, 0) is 38.2 Å². The molecule has 3 fully saturated rings. The topological polar surface area (TPSA) is 280 Å². The van der Waals surface area contributed by atoms with E-state index in [0.717, 1.165) is 6.42 Å². The third-order valence-electron chi connectivity index (χ3n) is 11.1. The minimum atomic E-state index is -1.80. The van der Waals surface area contributed by atoms with Crippen molar-refractivity contribution in [3.63, 3.8) is 0 Å². The summed E-state index contributed by atoms with van der Waals surface area (Å²) in [5, 5.41) is 58.5. The number of aliphatic hydroxyl groups excluding tert-OH is 4. The van der Waals surface area contributed by atoms with Gasteiger partial charge in [0, 0.05) is 33.3 Å². The molecule has 0 aromatic carbocycles. The molecule has 5 rings (SSSR count). The van der Waals surface area contributed by atoms with Crippen molar-refractivity contribution in [3.05, 3.63) is 18.6 Å². The van der Waals surface area contributed by atoms with E-state index in [1.807, 2.05) is 31.9 Å². The average Bonchev–Trinajstić information content (AvgIpc) is 3.64. The minimum Gasteiger partial charge on any atom is -0.462 e. The van der Waals surface area contributed by atoms with E-state index in [0.29, 0.717) is 29.9 Å². The highest BCUT2D eigenvalue weighted by Gasteiger charge is 2.54. The van der Waals surface area contributed by atoms with Crippen LogP contribution in [0.2, 0.25) is 0 Å². The van der Waals surface area contributed by atoms with Crippen LogP contribution in [0.3, 0.4) is 0 Å². The van der Waals surface area contributed by atoms with E-state index in [-0.39, 0.29) is 43.4 Å². The number of rotatable bonds is 14. The van der Waals surface area contributed by atoms with Crippen LogP contribution >= 0.6 is 0 Å². The lowest BCUT2D eigenvalue weighted by atomic mass is 9.87. The van der Waals surface area contributed by atoms with Crippen molar-refractivity contribution >= 4 is 40.7 Å². The van der Waals surface area contributed by atoms with E-state index >= 15 is 0 Å². The summed E-state index contributed by atoms with van der Waals surface area (Å²) in [6.07, 6.45) is -10.2. The smallest absolute Gasteiger partial charge is 0.338 e. The van der Waals surface area contributed by atoms with E-state index in [9.17, 15) is 39.6 Å². The number of likely N-dealkylation sites (tertiary alicyclic amines) is 1. The highest BCUT2D eigenvalue weighted by atomic mass is 16.7. The molecule has 3 aliphatic rings. The lowest BCUT2D eigenvalue weighted by molar-refractivity contribution is -0.333. The molecule has 60 heavy (non-hydrogen) atoms. The summed E-state index contributed by atoms with van der Waals surface area (Å²) in [5.74, 6) is -1.18. The quantitative estimate of drug-likeness (QED) is 0.0985. The number of likely N-dealkylation sites (N-methyl/N-ethyl adjacent to an activating group) is 1. The fourth-order valence-electron chi connectivity index (χ4n) is 8.00. The number of nitrogens with zero attached hydrogens (tertiary/aromatic N) is 6. The summed E-state index contributed by atoms with van der Waals surface area (Å²) in [4.78, 5) is 64.1. The zero-order chi connectivity index (χ0) is 44.0. The van der Waals surface area contributed by atoms with E-state index in [1.165, 1.54) is 24.0 Å². The number of hydrogen-bond donors (Lipinski definition) is 6. The van der Waals surface area contributed by atoms with E-state index in [1.54, 1.807) is 24.8 Å². The van der Waals surface area contributed by atoms with Crippen LogP contribution in [-0.2, 0) is 38.1 Å². The fourth-order valence-corrected chi connectivity index (χ4v) is 8.00. The molecule has 3 amide bonds. The number of amides is 3. The van der Waals surface area contributed by atoms with Gasteiger partial charge < -0.3 is 64.5 Å². The second-order valence-electron chi connectivity index (χ2n) is 16.1. The van der Waals surface area contributed by atoms with E-state index < -0.39 is 91.8 Å². The number of anilines is 1. The number of hydrogen-bond acceptors (Lipinski definition) is 17. The van der Waals surface area contributed by atoms with Crippen molar-refractivity contribution in [1.29, 1.82) is 5.26 Å². The summed E-state index contributed by atoms with van der Waals surface area (Å²) in [6.45, 7) is 10.2. The minimum absolute atomic E-state index is 0.110. The number of ether oxygens (including phenoxy) is 5. The van der Waals surface area contributed by atoms with Crippen molar-refractivity contribution < 1.29 is 63.3 Å². The van der Waals surface area contributed by atoms with Crippen molar-refractivity contribution in [2.45, 2.75) is 128 Å². The molecule has 0 spiro atoms. The average molecular weight is 847 g/mol. The Labute approximate surface area is 347 Å². The Morgan fingerprint density at radius 3 is 2.47 bits per heavy atom. The van der Waals surface area contributed by atoms with Crippen LogP contribution in [0, 0.1) is 23.2 Å². The first-order valence-electron chi connectivity index (χ1n) is 20.2. The molecule has 10 unspecified atom stereocenters. The van der Waals surface area contributed by atoms with Gasteiger partial charge >= 0.3 is 12.0 Å². The summed E-state index contributed by atoms with van der Waals surface area (Å²) >= 11 is 0. The first-order valence-corrected chi connectivity index (χ1v) is 20.2. The number of carbonyl (C=O) groups is 4. The van der Waals surface area contributed by atoms with Crippen molar-refractivity contribution in [2.24, 2.45) is 11.8 Å². The molecule has 3 aliphatic heterocycles. The highest BCUT2D eigenvalue weighted by Crippen LogP contribution is 2.33. The number of nitrogens with one attached hydrogen (secondary N) is 2. The Morgan fingerprint density at radius 1 is 1.08 bits per heavy atom. The zero-order valence-electron chi connectivity index (χ0n) is 34.9. The second kappa shape index (κ2) is 20.4. The van der Waals surface area contributed by atoms with Gasteiger partial charge in [-0.25, -0.2) is 19.6 Å². The normalized spacial score (nSPS) is 30.8. The Kier molecular flexibility index (Phi) is 15.8. The molecule has 6 N–H and O–H groups in total. The van der Waals surface area contributed by atoms with Crippen LogP contribution < -0.4 is 15.5 Å². The van der Waals surface area contributed by atoms with Gasteiger partial charge in [-0.1, -0.05) is 20.8 Å². The molecule has 3 saturated heterocycles. The molecule has 0 radical (unpaired) electrons. The van der Waals surface area contributed by atoms with Gasteiger partial charge in [-0.15, -0.1) is 0 Å². The number of piperidine rings is 1. The summed E-state index contributed by atoms with van der Waals surface area (Å²) < 4.78 is 30.4. The van der Waals surface area contributed by atoms with Crippen LogP contribution in [0.25, 0.3) is 11.0 Å². The van der Waals surface area contributed by atoms with Crippen molar-refractivity contribution in [2.75, 3.05) is 44.8 Å². The Hall–Kier alpha value is -4.53. The summed E-state index contributed by atoms with van der Waals surface area (Å²) in [5.41, 5.74) is 0.311. The molecule has 2 aromatic heterocycles. The number of esters is 1. The van der Waals surface area contributed by atoms with Crippen molar-refractivity contribution in [1.82, 2.24) is 30.1 Å². The van der Waals surface area contributed by atoms with Crippen molar-refractivity contribution in [3.8, 4) is 6.07 Å². The number of nitriles is 1. The lowest BCUT2D eigenvalue weighted by Crippen LogP contribution is -2.68. The first kappa shape index (κ1) is 46.5. The second-order valence-corrected chi connectivity index (χ2v) is 16.1. The van der Waals surface area contributed by atoms with Gasteiger partial charge in [0.2, 0.25) is 11.8 Å². The molecule has 0 bridgehead atoms. The molecule has 332 valence electrons. The Balaban J connectivity index is 1.25. The van der Waals surface area contributed by atoms with Crippen LogP contribution in [-0.4, -0.2) is 177 Å². The molecule has 21 heteroatoms. The zero-order valence-corrected chi connectivity index (χ0v) is 34.9. The maximum Gasteiger partial charge on any atom is 0.338 e. The van der Waals surface area contributed by atoms with Gasteiger partial charge in [-0.3, -0.25) is 14.2 Å². The molecular formula is C39H58N8O13. The molecule has 5 heterocycles. The third kappa shape index (κ3) is 10.3. The maximum atomic E-state index is 13.6. The number of fused-ring (bicyclic) bond motifs is 1. The molecule has 0 aliphatic carbocycles. The van der Waals surface area contributed by atoms with Gasteiger partial charge in [0.05, 0.1) is 48.9 Å². The van der Waals surface area contributed by atoms with Gasteiger partial charge in [0.25, 0.3) is 0 Å². The predicted molar refractivity (Wildman–Crippen MR) is 210 cm³/mol. The number of aliphatic hydroxyl groups is 4. The van der Waals surface area contributed by atoms with E-state index in [2.05, 4.69) is 27.5 Å².